The zero-order chi connectivity index (χ0) is 18.4. The number of ether oxygens (including phenoxy) is 2. The quantitative estimate of drug-likeness (QED) is 0.733. The molecule has 2 unspecified atom stereocenters. The summed E-state index contributed by atoms with van der Waals surface area (Å²) in [5.41, 5.74) is 0.989. The summed E-state index contributed by atoms with van der Waals surface area (Å²) < 4.78 is 12.3. The first-order valence-electron chi connectivity index (χ1n) is 8.67. The summed E-state index contributed by atoms with van der Waals surface area (Å²) in [7, 11) is 0. The average Bonchev–Trinajstić information content (AvgIpc) is 3.12. The van der Waals surface area contributed by atoms with Gasteiger partial charge in [-0.1, -0.05) is 30.3 Å². The van der Waals surface area contributed by atoms with Crippen molar-refractivity contribution < 1.29 is 14.3 Å². The lowest BCUT2D eigenvalue weighted by atomic mass is 10.2. The molecular formula is C19H23BrN2O3S. The van der Waals surface area contributed by atoms with Gasteiger partial charge in [-0.15, -0.1) is 11.3 Å². The number of nitrogens with one attached hydrogen (secondary N) is 1. The first-order valence-corrected chi connectivity index (χ1v) is 10.3. The van der Waals surface area contributed by atoms with Crippen molar-refractivity contribution in [2.24, 2.45) is 0 Å². The Bertz CT molecular complexity index is 710. The Balaban J connectivity index is 1.43. The SMILES string of the molecule is CC(NCC1CN(C(=O)OCc2ccccc2)CCO1)c1ccc(Br)s1. The van der Waals surface area contributed by atoms with E-state index in [1.807, 2.05) is 30.3 Å². The van der Waals surface area contributed by atoms with Gasteiger partial charge in [-0.2, -0.15) is 0 Å². The number of rotatable bonds is 6. The number of carbonyl (C=O) groups is 1. The van der Waals surface area contributed by atoms with Gasteiger partial charge in [0.15, 0.2) is 0 Å². The predicted molar refractivity (Wildman–Crippen MR) is 106 cm³/mol. The van der Waals surface area contributed by atoms with Crippen molar-refractivity contribution in [3.8, 4) is 0 Å². The Labute approximate surface area is 166 Å². The van der Waals surface area contributed by atoms with Crippen LogP contribution in [0.3, 0.4) is 0 Å². The van der Waals surface area contributed by atoms with E-state index in [0.29, 0.717) is 32.8 Å². The lowest BCUT2D eigenvalue weighted by Gasteiger charge is -2.33. The van der Waals surface area contributed by atoms with E-state index in [0.717, 1.165) is 9.35 Å². The molecule has 1 fully saturated rings. The van der Waals surface area contributed by atoms with E-state index in [2.05, 4.69) is 40.3 Å². The Morgan fingerprint density at radius 1 is 1.38 bits per heavy atom. The molecule has 26 heavy (non-hydrogen) atoms. The molecule has 1 aliphatic rings. The molecule has 1 amide bonds. The summed E-state index contributed by atoms with van der Waals surface area (Å²) in [6.45, 7) is 4.77. The van der Waals surface area contributed by atoms with E-state index in [1.54, 1.807) is 16.2 Å². The molecule has 0 radical (unpaired) electrons. The summed E-state index contributed by atoms with van der Waals surface area (Å²) in [6.07, 6.45) is -0.309. The summed E-state index contributed by atoms with van der Waals surface area (Å²) in [6, 6.07) is 14.1. The number of carbonyl (C=O) groups excluding carboxylic acids is 1. The van der Waals surface area contributed by atoms with Crippen molar-refractivity contribution >= 4 is 33.4 Å². The summed E-state index contributed by atoms with van der Waals surface area (Å²) in [5, 5.41) is 3.49. The molecule has 7 heteroatoms. The molecule has 3 rings (SSSR count). The van der Waals surface area contributed by atoms with Crippen LogP contribution in [0.25, 0.3) is 0 Å². The van der Waals surface area contributed by atoms with Crippen LogP contribution in [0.4, 0.5) is 4.79 Å². The van der Waals surface area contributed by atoms with E-state index in [4.69, 9.17) is 9.47 Å². The Hall–Kier alpha value is -1.41. The van der Waals surface area contributed by atoms with Gasteiger partial charge in [-0.25, -0.2) is 4.79 Å². The summed E-state index contributed by atoms with van der Waals surface area (Å²) >= 11 is 5.21. The third-order valence-corrected chi connectivity index (χ3v) is 6.08. The van der Waals surface area contributed by atoms with Gasteiger partial charge in [-0.3, -0.25) is 0 Å². The molecule has 0 spiro atoms. The number of benzene rings is 1. The molecule has 140 valence electrons. The first kappa shape index (κ1) is 19.4. The van der Waals surface area contributed by atoms with Crippen molar-refractivity contribution in [3.63, 3.8) is 0 Å². The minimum absolute atomic E-state index is 0.0288. The first-order chi connectivity index (χ1) is 12.6. The van der Waals surface area contributed by atoms with Crippen LogP contribution < -0.4 is 5.32 Å². The molecule has 1 saturated heterocycles. The van der Waals surface area contributed by atoms with Crippen LogP contribution in [0.5, 0.6) is 0 Å². The number of thiophene rings is 1. The van der Waals surface area contributed by atoms with Crippen LogP contribution in [0.2, 0.25) is 0 Å². The number of morpholine rings is 1. The summed E-state index contributed by atoms with van der Waals surface area (Å²) in [5.74, 6) is 0. The second-order valence-electron chi connectivity index (χ2n) is 6.25. The van der Waals surface area contributed by atoms with Crippen molar-refractivity contribution in [1.29, 1.82) is 0 Å². The maximum atomic E-state index is 12.3. The molecule has 0 aliphatic carbocycles. The fraction of sp³-hybridized carbons (Fsp3) is 0.421. The molecule has 5 nitrogen and oxygen atoms in total. The minimum Gasteiger partial charge on any atom is -0.445 e. The molecule has 2 heterocycles. The third kappa shape index (κ3) is 5.54. The maximum absolute atomic E-state index is 12.3. The van der Waals surface area contributed by atoms with Gasteiger partial charge in [-0.05, 0) is 40.5 Å². The number of hydrogen-bond acceptors (Lipinski definition) is 5. The van der Waals surface area contributed by atoms with Crippen LogP contribution in [-0.2, 0) is 16.1 Å². The number of halogens is 1. The highest BCUT2D eigenvalue weighted by molar-refractivity contribution is 9.11. The molecular weight excluding hydrogens is 416 g/mol. The fourth-order valence-electron chi connectivity index (χ4n) is 2.79. The second kappa shape index (κ2) is 9.50. The third-order valence-electron chi connectivity index (χ3n) is 4.27. The van der Waals surface area contributed by atoms with Crippen LogP contribution in [0, 0.1) is 0 Å². The van der Waals surface area contributed by atoms with E-state index in [1.165, 1.54) is 4.88 Å². The van der Waals surface area contributed by atoms with Crippen molar-refractivity contribution in [2.75, 3.05) is 26.2 Å². The average molecular weight is 439 g/mol. The Kier molecular flexibility index (Phi) is 7.07. The maximum Gasteiger partial charge on any atom is 0.410 e. The molecule has 0 saturated carbocycles. The molecule has 2 atom stereocenters. The highest BCUT2D eigenvalue weighted by Crippen LogP contribution is 2.27. The predicted octanol–water partition coefficient (Wildman–Crippen LogP) is 4.20. The Morgan fingerprint density at radius 2 is 2.19 bits per heavy atom. The van der Waals surface area contributed by atoms with Crippen LogP contribution in [0.1, 0.15) is 23.4 Å². The van der Waals surface area contributed by atoms with E-state index in [9.17, 15) is 4.79 Å². The lowest BCUT2D eigenvalue weighted by Crippen LogP contribution is -2.49. The molecule has 0 bridgehead atoms. The van der Waals surface area contributed by atoms with Crippen LogP contribution in [-0.4, -0.2) is 43.3 Å². The molecule has 1 aromatic carbocycles. The topological polar surface area (TPSA) is 50.8 Å². The molecule has 1 N–H and O–H groups in total. The van der Waals surface area contributed by atoms with Crippen molar-refractivity contribution in [3.05, 3.63) is 56.7 Å². The monoisotopic (exact) mass is 438 g/mol. The van der Waals surface area contributed by atoms with Gasteiger partial charge < -0.3 is 19.7 Å². The highest BCUT2D eigenvalue weighted by atomic mass is 79.9. The van der Waals surface area contributed by atoms with Crippen LogP contribution in [0.15, 0.2) is 46.3 Å². The van der Waals surface area contributed by atoms with E-state index in [-0.39, 0.29) is 18.2 Å². The Morgan fingerprint density at radius 3 is 2.92 bits per heavy atom. The zero-order valence-corrected chi connectivity index (χ0v) is 17.1. The van der Waals surface area contributed by atoms with E-state index >= 15 is 0 Å². The fourth-order valence-corrected chi connectivity index (χ4v) is 4.24. The molecule has 1 aromatic heterocycles. The van der Waals surface area contributed by atoms with Crippen molar-refractivity contribution in [1.82, 2.24) is 10.2 Å². The lowest BCUT2D eigenvalue weighted by molar-refractivity contribution is -0.0278. The number of nitrogens with zero attached hydrogens (tertiary/aromatic N) is 1. The van der Waals surface area contributed by atoms with Gasteiger partial charge in [0.2, 0.25) is 0 Å². The second-order valence-corrected chi connectivity index (χ2v) is 8.75. The van der Waals surface area contributed by atoms with Gasteiger partial charge in [0.05, 0.1) is 23.0 Å². The minimum atomic E-state index is -0.280. The van der Waals surface area contributed by atoms with Crippen LogP contribution >= 0.6 is 27.3 Å². The van der Waals surface area contributed by atoms with E-state index < -0.39 is 0 Å². The largest absolute Gasteiger partial charge is 0.445 e. The highest BCUT2D eigenvalue weighted by Gasteiger charge is 2.25. The van der Waals surface area contributed by atoms with Gasteiger partial charge in [0, 0.05) is 24.0 Å². The molecule has 2 aromatic rings. The zero-order valence-electron chi connectivity index (χ0n) is 14.7. The van der Waals surface area contributed by atoms with Gasteiger partial charge in [0.1, 0.15) is 6.61 Å². The standard InChI is InChI=1S/C19H23BrN2O3S/c1-14(17-7-8-18(20)26-17)21-11-16-12-22(9-10-24-16)19(23)25-13-15-5-3-2-4-6-15/h2-8,14,16,21H,9-13H2,1H3. The molecule has 1 aliphatic heterocycles. The smallest absolute Gasteiger partial charge is 0.410 e. The number of hydrogen-bond donors (Lipinski definition) is 1. The van der Waals surface area contributed by atoms with Crippen molar-refractivity contribution in [2.45, 2.75) is 25.7 Å². The number of amides is 1. The van der Waals surface area contributed by atoms with Gasteiger partial charge in [0.25, 0.3) is 0 Å². The normalized spacial score (nSPS) is 18.5. The summed E-state index contributed by atoms with van der Waals surface area (Å²) in [4.78, 5) is 15.3. The van der Waals surface area contributed by atoms with Gasteiger partial charge >= 0.3 is 6.09 Å².